The van der Waals surface area contributed by atoms with Gasteiger partial charge in [0, 0.05) is 17.8 Å². The second-order valence-electron chi connectivity index (χ2n) is 4.20. The van der Waals surface area contributed by atoms with E-state index in [0.717, 1.165) is 5.69 Å². The van der Waals surface area contributed by atoms with Gasteiger partial charge in [-0.1, -0.05) is 11.6 Å². The zero-order valence-corrected chi connectivity index (χ0v) is 12.7. The number of carbonyl (C=O) groups excluding carboxylic acids is 1. The topological polar surface area (TPSA) is 79.8 Å². The first kappa shape index (κ1) is 14.4. The first-order valence-electron chi connectivity index (χ1n) is 6.27. The number of pyridine rings is 2. The molecule has 1 amide bonds. The maximum absolute atomic E-state index is 12.1. The number of hydrogen-bond donors (Lipinski definition) is 2. The molecule has 0 fully saturated rings. The number of nitrogens with zero attached hydrogens (tertiary/aromatic N) is 3. The maximum atomic E-state index is 12.1. The molecule has 0 bridgehead atoms. The summed E-state index contributed by atoms with van der Waals surface area (Å²) in [6.45, 7) is 0. The van der Waals surface area contributed by atoms with Crippen LogP contribution in [0, 0.1) is 0 Å². The van der Waals surface area contributed by atoms with Crippen LogP contribution >= 0.6 is 22.9 Å². The summed E-state index contributed by atoms with van der Waals surface area (Å²) < 4.78 is 0. The summed E-state index contributed by atoms with van der Waals surface area (Å²) in [6.07, 6.45) is 4.91. The lowest BCUT2D eigenvalue weighted by Crippen LogP contribution is -2.13. The lowest BCUT2D eigenvalue weighted by Gasteiger charge is -2.04. The van der Waals surface area contributed by atoms with Crippen LogP contribution in [-0.4, -0.2) is 20.9 Å². The molecule has 3 rings (SSSR count). The normalized spacial score (nSPS) is 10.2. The number of thiazole rings is 1. The Balaban J connectivity index is 1.71. The lowest BCUT2D eigenvalue weighted by atomic mass is 10.4. The Labute approximate surface area is 135 Å². The number of nitrogens with one attached hydrogen (secondary N) is 2. The van der Waals surface area contributed by atoms with Crippen molar-refractivity contribution >= 4 is 45.4 Å². The second-order valence-corrected chi connectivity index (χ2v) is 5.42. The highest BCUT2D eigenvalue weighted by Crippen LogP contribution is 2.22. The van der Waals surface area contributed by atoms with Gasteiger partial charge in [-0.3, -0.25) is 9.78 Å². The molecular weight excluding hydrogens is 322 g/mol. The van der Waals surface area contributed by atoms with E-state index in [1.54, 1.807) is 36.1 Å². The molecule has 110 valence electrons. The summed E-state index contributed by atoms with van der Waals surface area (Å²) in [7, 11) is 0. The molecule has 0 aliphatic carbocycles. The molecule has 0 saturated heterocycles. The Morgan fingerprint density at radius 1 is 1.23 bits per heavy atom. The molecule has 0 atom stereocenters. The Kier molecular flexibility index (Phi) is 4.27. The summed E-state index contributed by atoms with van der Waals surface area (Å²) in [5, 5.41) is 8.26. The quantitative estimate of drug-likeness (QED) is 0.714. The maximum Gasteiger partial charge on any atom is 0.275 e. The number of anilines is 3. The fraction of sp³-hybridized carbons (Fsp3) is 0. The van der Waals surface area contributed by atoms with Gasteiger partial charge in [0.15, 0.2) is 10.3 Å². The number of rotatable bonds is 4. The van der Waals surface area contributed by atoms with Crippen LogP contribution in [0.3, 0.4) is 0 Å². The van der Waals surface area contributed by atoms with Crippen molar-refractivity contribution in [3.05, 3.63) is 59.1 Å². The van der Waals surface area contributed by atoms with Crippen LogP contribution in [0.15, 0.2) is 48.2 Å². The van der Waals surface area contributed by atoms with E-state index in [-0.39, 0.29) is 11.1 Å². The minimum absolute atomic E-state index is 0.236. The predicted molar refractivity (Wildman–Crippen MR) is 86.8 cm³/mol. The largest absolute Gasteiger partial charge is 0.330 e. The average Bonchev–Trinajstić information content (AvgIpc) is 2.99. The van der Waals surface area contributed by atoms with Crippen molar-refractivity contribution in [3.63, 3.8) is 0 Å². The molecule has 0 spiro atoms. The molecule has 3 heterocycles. The van der Waals surface area contributed by atoms with E-state index in [1.165, 1.54) is 11.3 Å². The van der Waals surface area contributed by atoms with Gasteiger partial charge in [-0.05, 0) is 24.3 Å². The monoisotopic (exact) mass is 331 g/mol. The van der Waals surface area contributed by atoms with Crippen LogP contribution in [0.1, 0.15) is 10.5 Å². The predicted octanol–water partition coefficient (Wildman–Crippen LogP) is 3.58. The molecule has 6 nitrogen and oxygen atoms in total. The van der Waals surface area contributed by atoms with Gasteiger partial charge in [0.05, 0.1) is 17.6 Å². The minimum atomic E-state index is -0.342. The molecular formula is C14H10ClN5OS. The Bertz CT molecular complexity index is 793. The SMILES string of the molecule is O=C(Nc1cccnc1Cl)c1csc(Nc2cccnc2)n1. The highest BCUT2D eigenvalue weighted by molar-refractivity contribution is 7.14. The van der Waals surface area contributed by atoms with E-state index in [1.807, 2.05) is 12.1 Å². The Hall–Kier alpha value is -2.51. The molecule has 2 N–H and O–H groups in total. The third kappa shape index (κ3) is 3.38. The molecule has 0 radical (unpaired) electrons. The van der Waals surface area contributed by atoms with E-state index in [9.17, 15) is 4.79 Å². The minimum Gasteiger partial charge on any atom is -0.330 e. The summed E-state index contributed by atoms with van der Waals surface area (Å²) in [5.74, 6) is -0.342. The molecule has 0 aliphatic rings. The van der Waals surface area contributed by atoms with Gasteiger partial charge in [0.25, 0.3) is 5.91 Å². The first-order valence-corrected chi connectivity index (χ1v) is 7.52. The molecule has 3 aromatic rings. The fourth-order valence-corrected chi connectivity index (χ4v) is 2.54. The van der Waals surface area contributed by atoms with Crippen LogP contribution in [0.25, 0.3) is 0 Å². The van der Waals surface area contributed by atoms with E-state index < -0.39 is 0 Å². The van der Waals surface area contributed by atoms with Gasteiger partial charge < -0.3 is 10.6 Å². The van der Waals surface area contributed by atoms with Crippen LogP contribution in [0.4, 0.5) is 16.5 Å². The number of halogens is 1. The zero-order chi connectivity index (χ0) is 15.4. The van der Waals surface area contributed by atoms with Crippen LogP contribution in [0.2, 0.25) is 5.15 Å². The van der Waals surface area contributed by atoms with Gasteiger partial charge in [-0.25, -0.2) is 9.97 Å². The number of aromatic nitrogens is 3. The number of hydrogen-bond acceptors (Lipinski definition) is 6. The molecule has 0 saturated carbocycles. The number of carbonyl (C=O) groups is 1. The van der Waals surface area contributed by atoms with E-state index in [2.05, 4.69) is 25.6 Å². The smallest absolute Gasteiger partial charge is 0.275 e. The molecule has 0 unspecified atom stereocenters. The molecule has 8 heteroatoms. The van der Waals surface area contributed by atoms with Gasteiger partial charge in [-0.15, -0.1) is 11.3 Å². The molecule has 22 heavy (non-hydrogen) atoms. The second kappa shape index (κ2) is 6.50. The number of amides is 1. The average molecular weight is 332 g/mol. The third-order valence-corrected chi connectivity index (χ3v) is 3.72. The fourth-order valence-electron chi connectivity index (χ4n) is 1.66. The van der Waals surface area contributed by atoms with Crippen molar-refractivity contribution in [2.75, 3.05) is 10.6 Å². The Morgan fingerprint density at radius 3 is 2.86 bits per heavy atom. The van der Waals surface area contributed by atoms with Crippen molar-refractivity contribution in [3.8, 4) is 0 Å². The van der Waals surface area contributed by atoms with Crippen molar-refractivity contribution in [1.29, 1.82) is 0 Å². The summed E-state index contributed by atoms with van der Waals surface area (Å²) in [4.78, 5) is 24.3. The van der Waals surface area contributed by atoms with Crippen LogP contribution < -0.4 is 10.6 Å². The van der Waals surface area contributed by atoms with Crippen molar-refractivity contribution < 1.29 is 4.79 Å². The van der Waals surface area contributed by atoms with Crippen molar-refractivity contribution in [1.82, 2.24) is 15.0 Å². The summed E-state index contributed by atoms with van der Waals surface area (Å²) in [6, 6.07) is 7.05. The van der Waals surface area contributed by atoms with Gasteiger partial charge in [-0.2, -0.15) is 0 Å². The van der Waals surface area contributed by atoms with Crippen LogP contribution in [0.5, 0.6) is 0 Å². The molecule has 0 aromatic carbocycles. The molecule has 3 aromatic heterocycles. The van der Waals surface area contributed by atoms with E-state index in [4.69, 9.17) is 11.6 Å². The summed E-state index contributed by atoms with van der Waals surface area (Å²) >= 11 is 7.23. The van der Waals surface area contributed by atoms with Crippen LogP contribution in [-0.2, 0) is 0 Å². The van der Waals surface area contributed by atoms with Gasteiger partial charge in [0.2, 0.25) is 0 Å². The van der Waals surface area contributed by atoms with Crippen molar-refractivity contribution in [2.45, 2.75) is 0 Å². The highest BCUT2D eigenvalue weighted by Gasteiger charge is 2.13. The third-order valence-electron chi connectivity index (χ3n) is 2.66. The molecule has 0 aliphatic heterocycles. The lowest BCUT2D eigenvalue weighted by molar-refractivity contribution is 0.102. The van der Waals surface area contributed by atoms with E-state index in [0.29, 0.717) is 16.5 Å². The zero-order valence-electron chi connectivity index (χ0n) is 11.2. The van der Waals surface area contributed by atoms with Gasteiger partial charge in [0.1, 0.15) is 5.69 Å². The Morgan fingerprint density at radius 2 is 2.09 bits per heavy atom. The highest BCUT2D eigenvalue weighted by atomic mass is 35.5. The first-order chi connectivity index (χ1) is 10.7. The van der Waals surface area contributed by atoms with Gasteiger partial charge >= 0.3 is 0 Å². The summed E-state index contributed by atoms with van der Waals surface area (Å²) in [5.41, 5.74) is 1.55. The van der Waals surface area contributed by atoms with E-state index >= 15 is 0 Å². The standard InChI is InChI=1S/C14H10ClN5OS/c15-12-10(4-2-6-17-12)19-13(21)11-8-22-14(20-11)18-9-3-1-5-16-7-9/h1-8H,(H,18,20)(H,19,21). The van der Waals surface area contributed by atoms with Crippen molar-refractivity contribution in [2.24, 2.45) is 0 Å².